The van der Waals surface area contributed by atoms with Gasteiger partial charge in [-0.1, -0.05) is 18.2 Å². The van der Waals surface area contributed by atoms with Crippen molar-refractivity contribution in [3.05, 3.63) is 34.9 Å². The molecule has 0 amide bonds. The number of carboxylic acid groups (broad SMARTS) is 1. The van der Waals surface area contributed by atoms with E-state index < -0.39 is 11.3 Å². The standard InChI is InChI=1S/C11H13ClO2/c1-7-3-4-9(5-8(7)2)10(12)6-11(13)14/h3-5,10H,6H2,1-2H3,(H,13,14). The van der Waals surface area contributed by atoms with E-state index in [1.165, 1.54) is 5.56 Å². The summed E-state index contributed by atoms with van der Waals surface area (Å²) in [4.78, 5) is 10.5. The number of hydrogen-bond donors (Lipinski definition) is 1. The van der Waals surface area contributed by atoms with E-state index in [9.17, 15) is 4.79 Å². The molecule has 1 aromatic rings. The molecule has 0 aliphatic rings. The highest BCUT2D eigenvalue weighted by Gasteiger charge is 2.12. The molecule has 1 N–H and O–H groups in total. The lowest BCUT2D eigenvalue weighted by Crippen LogP contribution is -2.01. The summed E-state index contributed by atoms with van der Waals surface area (Å²) in [6, 6.07) is 5.78. The lowest BCUT2D eigenvalue weighted by molar-refractivity contribution is -0.137. The van der Waals surface area contributed by atoms with Crippen molar-refractivity contribution in [3.63, 3.8) is 0 Å². The fraction of sp³-hybridized carbons (Fsp3) is 0.364. The maximum absolute atomic E-state index is 10.5. The van der Waals surface area contributed by atoms with Crippen LogP contribution in [-0.4, -0.2) is 11.1 Å². The van der Waals surface area contributed by atoms with Crippen LogP contribution < -0.4 is 0 Å². The Kier molecular flexibility index (Phi) is 3.53. The zero-order valence-electron chi connectivity index (χ0n) is 8.25. The van der Waals surface area contributed by atoms with Crippen molar-refractivity contribution in [1.82, 2.24) is 0 Å². The molecule has 0 heterocycles. The van der Waals surface area contributed by atoms with Crippen LogP contribution in [0.4, 0.5) is 0 Å². The highest BCUT2D eigenvalue weighted by atomic mass is 35.5. The number of hydrogen-bond acceptors (Lipinski definition) is 1. The SMILES string of the molecule is Cc1ccc(C(Cl)CC(=O)O)cc1C. The smallest absolute Gasteiger partial charge is 0.305 e. The zero-order valence-corrected chi connectivity index (χ0v) is 9.01. The van der Waals surface area contributed by atoms with Gasteiger partial charge in [0.25, 0.3) is 0 Å². The second-order valence-electron chi connectivity index (χ2n) is 3.41. The van der Waals surface area contributed by atoms with E-state index in [1.54, 1.807) is 0 Å². The van der Waals surface area contributed by atoms with Crippen LogP contribution in [0, 0.1) is 13.8 Å². The third kappa shape index (κ3) is 2.74. The Hall–Kier alpha value is -1.02. The summed E-state index contributed by atoms with van der Waals surface area (Å²) in [6.45, 7) is 4.00. The second-order valence-corrected chi connectivity index (χ2v) is 3.94. The average molecular weight is 213 g/mol. The molecule has 3 heteroatoms. The van der Waals surface area contributed by atoms with Gasteiger partial charge in [-0.3, -0.25) is 4.79 Å². The topological polar surface area (TPSA) is 37.3 Å². The van der Waals surface area contributed by atoms with E-state index in [0.29, 0.717) is 0 Å². The molecule has 0 radical (unpaired) electrons. The molecule has 2 nitrogen and oxygen atoms in total. The van der Waals surface area contributed by atoms with Crippen LogP contribution in [0.3, 0.4) is 0 Å². The number of aliphatic carboxylic acids is 1. The van der Waals surface area contributed by atoms with Gasteiger partial charge in [0.2, 0.25) is 0 Å². The van der Waals surface area contributed by atoms with Gasteiger partial charge in [0.05, 0.1) is 11.8 Å². The van der Waals surface area contributed by atoms with Crippen molar-refractivity contribution in [2.45, 2.75) is 25.6 Å². The first-order chi connectivity index (χ1) is 6.50. The largest absolute Gasteiger partial charge is 0.481 e. The lowest BCUT2D eigenvalue weighted by Gasteiger charge is -2.09. The van der Waals surface area contributed by atoms with Crippen molar-refractivity contribution in [3.8, 4) is 0 Å². The van der Waals surface area contributed by atoms with E-state index in [0.717, 1.165) is 11.1 Å². The normalized spacial score (nSPS) is 12.5. The zero-order chi connectivity index (χ0) is 10.7. The Morgan fingerprint density at radius 2 is 2.07 bits per heavy atom. The predicted molar refractivity (Wildman–Crippen MR) is 56.8 cm³/mol. The molecular formula is C11H13ClO2. The van der Waals surface area contributed by atoms with Gasteiger partial charge >= 0.3 is 5.97 Å². The number of carboxylic acids is 1. The van der Waals surface area contributed by atoms with Crippen LogP contribution in [0.25, 0.3) is 0 Å². The quantitative estimate of drug-likeness (QED) is 0.782. The van der Waals surface area contributed by atoms with Crippen LogP contribution in [0.1, 0.15) is 28.5 Å². The third-order valence-corrected chi connectivity index (χ3v) is 2.65. The van der Waals surface area contributed by atoms with Crippen LogP contribution >= 0.6 is 11.6 Å². The van der Waals surface area contributed by atoms with Gasteiger partial charge in [-0.05, 0) is 30.5 Å². The molecule has 1 unspecified atom stereocenters. The molecule has 14 heavy (non-hydrogen) atoms. The Balaban J connectivity index is 2.85. The fourth-order valence-electron chi connectivity index (χ4n) is 1.23. The molecule has 76 valence electrons. The van der Waals surface area contributed by atoms with Crippen LogP contribution in [0.5, 0.6) is 0 Å². The van der Waals surface area contributed by atoms with Crippen molar-refractivity contribution in [1.29, 1.82) is 0 Å². The maximum Gasteiger partial charge on any atom is 0.305 e. The number of benzene rings is 1. The molecule has 0 aliphatic carbocycles. The van der Waals surface area contributed by atoms with Gasteiger partial charge in [-0.2, -0.15) is 0 Å². The summed E-state index contributed by atoms with van der Waals surface area (Å²) in [5, 5.41) is 8.15. The predicted octanol–water partition coefficient (Wildman–Crippen LogP) is 3.06. The summed E-state index contributed by atoms with van der Waals surface area (Å²) in [7, 11) is 0. The molecule has 1 rings (SSSR count). The van der Waals surface area contributed by atoms with E-state index in [4.69, 9.17) is 16.7 Å². The highest BCUT2D eigenvalue weighted by molar-refractivity contribution is 6.21. The molecule has 1 atom stereocenters. The Morgan fingerprint density at radius 1 is 1.43 bits per heavy atom. The van der Waals surface area contributed by atoms with E-state index in [-0.39, 0.29) is 6.42 Å². The van der Waals surface area contributed by atoms with Crippen molar-refractivity contribution >= 4 is 17.6 Å². The summed E-state index contributed by atoms with van der Waals surface area (Å²) in [5.41, 5.74) is 3.20. The summed E-state index contributed by atoms with van der Waals surface area (Å²) in [5.74, 6) is -0.872. The van der Waals surface area contributed by atoms with Gasteiger partial charge in [-0.25, -0.2) is 0 Å². The molecule has 0 bridgehead atoms. The molecule has 0 spiro atoms. The summed E-state index contributed by atoms with van der Waals surface area (Å²) >= 11 is 5.94. The minimum atomic E-state index is -0.872. The van der Waals surface area contributed by atoms with Gasteiger partial charge in [0, 0.05) is 0 Å². The Morgan fingerprint density at radius 3 is 2.57 bits per heavy atom. The third-order valence-electron chi connectivity index (χ3n) is 2.25. The Labute approximate surface area is 88.5 Å². The van der Waals surface area contributed by atoms with Crippen molar-refractivity contribution < 1.29 is 9.90 Å². The molecule has 0 aromatic heterocycles. The van der Waals surface area contributed by atoms with Gasteiger partial charge in [-0.15, -0.1) is 11.6 Å². The number of aryl methyl sites for hydroxylation is 2. The lowest BCUT2D eigenvalue weighted by atomic mass is 10.0. The molecule has 1 aromatic carbocycles. The maximum atomic E-state index is 10.5. The first-order valence-electron chi connectivity index (χ1n) is 4.43. The fourth-order valence-corrected chi connectivity index (χ4v) is 1.50. The van der Waals surface area contributed by atoms with Gasteiger partial charge < -0.3 is 5.11 Å². The van der Waals surface area contributed by atoms with Crippen LogP contribution in [0.15, 0.2) is 18.2 Å². The monoisotopic (exact) mass is 212 g/mol. The van der Waals surface area contributed by atoms with Crippen molar-refractivity contribution in [2.75, 3.05) is 0 Å². The van der Waals surface area contributed by atoms with Gasteiger partial charge in [0.15, 0.2) is 0 Å². The van der Waals surface area contributed by atoms with E-state index in [2.05, 4.69) is 0 Å². The molecular weight excluding hydrogens is 200 g/mol. The Bertz CT molecular complexity index is 347. The van der Waals surface area contributed by atoms with Crippen LogP contribution in [0.2, 0.25) is 0 Å². The van der Waals surface area contributed by atoms with E-state index in [1.807, 2.05) is 32.0 Å². The number of alkyl halides is 1. The molecule has 0 fully saturated rings. The first kappa shape index (κ1) is 11.1. The van der Waals surface area contributed by atoms with Crippen LogP contribution in [-0.2, 0) is 4.79 Å². The average Bonchev–Trinajstić information content (AvgIpc) is 2.08. The molecule has 0 saturated heterocycles. The first-order valence-corrected chi connectivity index (χ1v) is 4.87. The molecule has 0 aliphatic heterocycles. The van der Waals surface area contributed by atoms with Gasteiger partial charge in [0.1, 0.15) is 0 Å². The minimum absolute atomic E-state index is 0.0376. The number of halogens is 1. The molecule has 0 saturated carbocycles. The number of carbonyl (C=O) groups is 1. The van der Waals surface area contributed by atoms with Crippen molar-refractivity contribution in [2.24, 2.45) is 0 Å². The summed E-state index contributed by atoms with van der Waals surface area (Å²) in [6.07, 6.45) is -0.0376. The highest BCUT2D eigenvalue weighted by Crippen LogP contribution is 2.25. The number of rotatable bonds is 3. The van der Waals surface area contributed by atoms with E-state index >= 15 is 0 Å². The second kappa shape index (κ2) is 4.47. The minimum Gasteiger partial charge on any atom is -0.481 e. The summed E-state index contributed by atoms with van der Waals surface area (Å²) < 4.78 is 0.